The third kappa shape index (κ3) is 4.14. The summed E-state index contributed by atoms with van der Waals surface area (Å²) in [7, 11) is 0. The van der Waals surface area contributed by atoms with Gasteiger partial charge in [0.2, 0.25) is 5.91 Å². The number of nitrogens with one attached hydrogen (secondary N) is 1. The molecule has 1 aromatic heterocycles. The van der Waals surface area contributed by atoms with Crippen LogP contribution in [-0.2, 0) is 4.79 Å². The fourth-order valence-corrected chi connectivity index (χ4v) is 3.03. The van der Waals surface area contributed by atoms with E-state index in [1.165, 1.54) is 5.56 Å². The van der Waals surface area contributed by atoms with Gasteiger partial charge in [0, 0.05) is 6.42 Å². The van der Waals surface area contributed by atoms with Crippen molar-refractivity contribution in [3.8, 4) is 5.69 Å². The minimum atomic E-state index is -0.286. The van der Waals surface area contributed by atoms with E-state index in [4.69, 9.17) is 0 Å². The van der Waals surface area contributed by atoms with Gasteiger partial charge >= 0.3 is 0 Å². The first kappa shape index (κ1) is 17.8. The summed E-state index contributed by atoms with van der Waals surface area (Å²) in [6.07, 6.45) is 1.35. The Hall–Kier alpha value is -3.02. The molecule has 2 atom stereocenters. The molecule has 26 heavy (non-hydrogen) atoms. The Balaban J connectivity index is 1.68. The number of para-hydroxylation sites is 1. The Morgan fingerprint density at radius 1 is 1.08 bits per heavy atom. The molecule has 3 rings (SSSR count). The van der Waals surface area contributed by atoms with Crippen LogP contribution in [0.25, 0.3) is 5.69 Å². The maximum absolute atomic E-state index is 12.6. The van der Waals surface area contributed by atoms with Crippen LogP contribution in [0.5, 0.6) is 0 Å². The van der Waals surface area contributed by atoms with Crippen LogP contribution in [0, 0.1) is 0 Å². The summed E-state index contributed by atoms with van der Waals surface area (Å²) in [5.41, 5.74) is 2.05. The van der Waals surface area contributed by atoms with Gasteiger partial charge in [0.05, 0.1) is 11.7 Å². The van der Waals surface area contributed by atoms with Gasteiger partial charge in [-0.15, -0.1) is 5.10 Å². The molecule has 6 nitrogen and oxygen atoms in total. The van der Waals surface area contributed by atoms with Gasteiger partial charge in [-0.2, -0.15) is 4.68 Å². The fraction of sp³-hybridized carbons (Fsp3) is 0.300. The number of benzene rings is 2. The number of carbonyl (C=O) groups excluding carboxylic acids is 1. The summed E-state index contributed by atoms with van der Waals surface area (Å²) in [5, 5.41) is 14.9. The minimum absolute atomic E-state index is 0.00388. The van der Waals surface area contributed by atoms with Crippen molar-refractivity contribution in [3.63, 3.8) is 0 Å². The van der Waals surface area contributed by atoms with Crippen molar-refractivity contribution in [1.29, 1.82) is 0 Å². The van der Waals surface area contributed by atoms with E-state index in [2.05, 4.69) is 39.9 Å². The summed E-state index contributed by atoms with van der Waals surface area (Å²) < 4.78 is 1.65. The lowest BCUT2D eigenvalue weighted by Crippen LogP contribution is -2.29. The van der Waals surface area contributed by atoms with Crippen LogP contribution in [0.2, 0.25) is 0 Å². The van der Waals surface area contributed by atoms with Crippen LogP contribution >= 0.6 is 0 Å². The lowest BCUT2D eigenvalue weighted by Gasteiger charge is -2.18. The van der Waals surface area contributed by atoms with E-state index in [1.807, 2.05) is 55.5 Å². The van der Waals surface area contributed by atoms with E-state index in [9.17, 15) is 4.79 Å². The molecule has 0 bridgehead atoms. The van der Waals surface area contributed by atoms with Crippen LogP contribution < -0.4 is 5.32 Å². The highest BCUT2D eigenvalue weighted by Crippen LogP contribution is 2.23. The molecule has 0 saturated heterocycles. The molecule has 0 saturated carbocycles. The highest BCUT2D eigenvalue weighted by atomic mass is 16.1. The fourth-order valence-electron chi connectivity index (χ4n) is 3.03. The highest BCUT2D eigenvalue weighted by Gasteiger charge is 2.20. The standard InChI is InChI=1S/C20H23N5O/c1-3-16(17-10-6-4-7-11-17)14-19(26)21-15(2)20-22-23-24-25(20)18-12-8-5-9-13-18/h4-13,15-16H,3,14H2,1-2H3,(H,21,26)/t15-,16+/m0/s1. The Labute approximate surface area is 153 Å². The summed E-state index contributed by atoms with van der Waals surface area (Å²) in [6.45, 7) is 4.00. The molecular weight excluding hydrogens is 326 g/mol. The van der Waals surface area contributed by atoms with E-state index >= 15 is 0 Å². The number of aromatic nitrogens is 4. The smallest absolute Gasteiger partial charge is 0.221 e. The van der Waals surface area contributed by atoms with Gasteiger partial charge < -0.3 is 5.32 Å². The van der Waals surface area contributed by atoms with Crippen LogP contribution in [0.3, 0.4) is 0 Å². The second kappa shape index (κ2) is 8.38. The van der Waals surface area contributed by atoms with Crippen molar-refractivity contribution >= 4 is 5.91 Å². The quantitative estimate of drug-likeness (QED) is 0.709. The molecule has 0 fully saturated rings. The molecule has 6 heteroatoms. The third-order valence-corrected chi connectivity index (χ3v) is 4.45. The second-order valence-corrected chi connectivity index (χ2v) is 6.29. The molecule has 0 unspecified atom stereocenters. The number of rotatable bonds is 7. The molecule has 3 aromatic rings. The lowest BCUT2D eigenvalue weighted by atomic mass is 9.93. The van der Waals surface area contributed by atoms with Crippen molar-refractivity contribution < 1.29 is 4.79 Å². The zero-order valence-corrected chi connectivity index (χ0v) is 15.0. The van der Waals surface area contributed by atoms with Crippen LogP contribution in [0.15, 0.2) is 60.7 Å². The normalized spacial score (nSPS) is 13.2. The molecule has 0 aliphatic heterocycles. The first-order valence-corrected chi connectivity index (χ1v) is 8.87. The first-order chi connectivity index (χ1) is 12.7. The Bertz CT molecular complexity index is 832. The summed E-state index contributed by atoms with van der Waals surface area (Å²) in [5.74, 6) is 0.807. The van der Waals surface area contributed by atoms with E-state index in [0.717, 1.165) is 12.1 Å². The predicted octanol–water partition coefficient (Wildman–Crippen LogP) is 3.42. The Morgan fingerprint density at radius 3 is 2.38 bits per heavy atom. The Morgan fingerprint density at radius 2 is 1.73 bits per heavy atom. The molecular formula is C20H23N5O. The summed E-state index contributed by atoms with van der Waals surface area (Å²) in [6, 6.07) is 19.5. The minimum Gasteiger partial charge on any atom is -0.346 e. The number of tetrazole rings is 1. The average Bonchev–Trinajstić information content (AvgIpc) is 3.17. The number of nitrogens with zero attached hydrogens (tertiary/aromatic N) is 4. The topological polar surface area (TPSA) is 72.7 Å². The van der Waals surface area contributed by atoms with Crippen LogP contribution in [0.4, 0.5) is 0 Å². The zero-order chi connectivity index (χ0) is 18.4. The highest BCUT2D eigenvalue weighted by molar-refractivity contribution is 5.77. The van der Waals surface area contributed by atoms with Gasteiger partial charge in [-0.3, -0.25) is 4.79 Å². The van der Waals surface area contributed by atoms with Crippen LogP contribution in [-0.4, -0.2) is 26.1 Å². The van der Waals surface area contributed by atoms with E-state index in [1.54, 1.807) is 4.68 Å². The molecule has 0 spiro atoms. The molecule has 1 amide bonds. The molecule has 2 aromatic carbocycles. The third-order valence-electron chi connectivity index (χ3n) is 4.45. The molecule has 134 valence electrons. The Kier molecular flexibility index (Phi) is 5.73. The SMILES string of the molecule is CC[C@H](CC(=O)N[C@@H](C)c1nnnn1-c1ccccc1)c1ccccc1. The number of carbonyl (C=O) groups is 1. The van der Waals surface area contributed by atoms with E-state index < -0.39 is 0 Å². The summed E-state index contributed by atoms with van der Waals surface area (Å²) in [4.78, 5) is 12.6. The average molecular weight is 349 g/mol. The van der Waals surface area contributed by atoms with Gasteiger partial charge in [-0.25, -0.2) is 0 Å². The van der Waals surface area contributed by atoms with Gasteiger partial charge in [0.25, 0.3) is 0 Å². The summed E-state index contributed by atoms with van der Waals surface area (Å²) >= 11 is 0. The van der Waals surface area contributed by atoms with Crippen molar-refractivity contribution in [3.05, 3.63) is 72.1 Å². The van der Waals surface area contributed by atoms with Crippen molar-refractivity contribution in [2.24, 2.45) is 0 Å². The van der Waals surface area contributed by atoms with Gasteiger partial charge in [0.15, 0.2) is 5.82 Å². The van der Waals surface area contributed by atoms with Crippen molar-refractivity contribution in [1.82, 2.24) is 25.5 Å². The number of amides is 1. The largest absolute Gasteiger partial charge is 0.346 e. The maximum atomic E-state index is 12.6. The van der Waals surface area contributed by atoms with E-state index in [-0.39, 0.29) is 17.9 Å². The van der Waals surface area contributed by atoms with Crippen molar-refractivity contribution in [2.45, 2.75) is 38.6 Å². The van der Waals surface area contributed by atoms with Gasteiger partial charge in [-0.1, -0.05) is 55.5 Å². The number of hydrogen-bond donors (Lipinski definition) is 1. The molecule has 0 aliphatic rings. The molecule has 1 N–H and O–H groups in total. The molecule has 0 radical (unpaired) electrons. The second-order valence-electron chi connectivity index (χ2n) is 6.29. The van der Waals surface area contributed by atoms with Crippen LogP contribution in [0.1, 0.15) is 50.0 Å². The van der Waals surface area contributed by atoms with Crippen molar-refractivity contribution in [2.75, 3.05) is 0 Å². The van der Waals surface area contributed by atoms with Gasteiger partial charge in [-0.05, 0) is 47.4 Å². The molecule has 1 heterocycles. The van der Waals surface area contributed by atoms with Gasteiger partial charge in [0.1, 0.15) is 0 Å². The predicted molar refractivity (Wildman–Crippen MR) is 99.8 cm³/mol. The maximum Gasteiger partial charge on any atom is 0.221 e. The molecule has 0 aliphatic carbocycles. The van der Waals surface area contributed by atoms with E-state index in [0.29, 0.717) is 12.2 Å². The number of hydrogen-bond acceptors (Lipinski definition) is 4. The lowest BCUT2D eigenvalue weighted by molar-refractivity contribution is -0.122. The monoisotopic (exact) mass is 349 g/mol. The zero-order valence-electron chi connectivity index (χ0n) is 15.0. The first-order valence-electron chi connectivity index (χ1n) is 8.87.